The zero-order chi connectivity index (χ0) is 10.5. The average molecular weight is 209 g/mol. The van der Waals surface area contributed by atoms with Crippen LogP contribution in [0.15, 0.2) is 0 Å². The molecule has 0 aliphatic carbocycles. The molecule has 5 heteroatoms. The Balaban J connectivity index is 3.59. The van der Waals surface area contributed by atoms with Gasteiger partial charge in [-0.15, -0.1) is 0 Å². The first kappa shape index (κ1) is 12.9. The molecule has 0 aromatic carbocycles. The van der Waals surface area contributed by atoms with Crippen LogP contribution >= 0.6 is 0 Å². The van der Waals surface area contributed by atoms with Gasteiger partial charge in [-0.3, -0.25) is 4.18 Å². The van der Waals surface area contributed by atoms with E-state index in [2.05, 4.69) is 9.50 Å². The van der Waals surface area contributed by atoms with Gasteiger partial charge in [0.1, 0.15) is 0 Å². The van der Waals surface area contributed by atoms with Gasteiger partial charge in [-0.2, -0.15) is 8.42 Å². The van der Waals surface area contributed by atoms with Crippen LogP contribution in [0.5, 0.6) is 0 Å². The number of hydrogen-bond donors (Lipinski definition) is 1. The summed E-state index contributed by atoms with van der Waals surface area (Å²) in [4.78, 5) is 0. The summed E-state index contributed by atoms with van der Waals surface area (Å²) in [5.74, 6) is 0.0760. The van der Waals surface area contributed by atoms with Crippen molar-refractivity contribution in [2.75, 3.05) is 19.4 Å². The Kier molecular flexibility index (Phi) is 4.88. The molecule has 0 aliphatic heterocycles. The van der Waals surface area contributed by atoms with Gasteiger partial charge in [0, 0.05) is 5.54 Å². The van der Waals surface area contributed by atoms with Crippen LogP contribution in [0.2, 0.25) is 0 Å². The van der Waals surface area contributed by atoms with E-state index in [0.29, 0.717) is 13.0 Å². The molecule has 0 aromatic heterocycles. The first-order valence-electron chi connectivity index (χ1n) is 4.30. The predicted octanol–water partition coefficient (Wildman–Crippen LogP) is 0.741. The maximum atomic E-state index is 10.9. The third kappa shape index (κ3) is 8.21. The molecular formula is C8H19NO3S. The molecule has 0 heterocycles. The number of nitrogens with one attached hydrogen (secondary N) is 1. The Hall–Kier alpha value is -0.130. The molecular weight excluding hydrogens is 190 g/mol. The van der Waals surface area contributed by atoms with Crippen molar-refractivity contribution < 1.29 is 12.6 Å². The first-order chi connectivity index (χ1) is 5.77. The van der Waals surface area contributed by atoms with E-state index in [-0.39, 0.29) is 11.3 Å². The summed E-state index contributed by atoms with van der Waals surface area (Å²) < 4.78 is 26.1. The molecule has 0 aliphatic rings. The lowest BCUT2D eigenvalue weighted by molar-refractivity contribution is 0.391. The van der Waals surface area contributed by atoms with Crippen molar-refractivity contribution in [3.8, 4) is 0 Å². The molecule has 0 bridgehead atoms. The van der Waals surface area contributed by atoms with E-state index in [4.69, 9.17) is 0 Å². The van der Waals surface area contributed by atoms with Crippen molar-refractivity contribution in [2.24, 2.45) is 0 Å². The van der Waals surface area contributed by atoms with Crippen molar-refractivity contribution in [3.05, 3.63) is 0 Å². The lowest BCUT2D eigenvalue weighted by Gasteiger charge is -2.20. The molecule has 0 aromatic rings. The van der Waals surface area contributed by atoms with Crippen LogP contribution in [0.3, 0.4) is 0 Å². The highest BCUT2D eigenvalue weighted by atomic mass is 32.2. The standard InChI is InChI=1S/C8H19NO3S/c1-8(2,3)9-6-5-7-13(10,11)12-4/h9H,5-7H2,1-4H3. The van der Waals surface area contributed by atoms with E-state index in [9.17, 15) is 8.42 Å². The average Bonchev–Trinajstić information content (AvgIpc) is 1.97. The highest BCUT2D eigenvalue weighted by Crippen LogP contribution is 1.99. The van der Waals surface area contributed by atoms with E-state index in [1.165, 1.54) is 7.11 Å². The molecule has 0 radical (unpaired) electrons. The van der Waals surface area contributed by atoms with Crippen molar-refractivity contribution in [1.82, 2.24) is 5.32 Å². The minimum atomic E-state index is -3.28. The lowest BCUT2D eigenvalue weighted by atomic mass is 10.1. The Morgan fingerprint density at radius 3 is 2.23 bits per heavy atom. The lowest BCUT2D eigenvalue weighted by Crippen LogP contribution is -2.37. The van der Waals surface area contributed by atoms with Gasteiger partial charge < -0.3 is 5.32 Å². The molecule has 13 heavy (non-hydrogen) atoms. The molecule has 1 N–H and O–H groups in total. The second-order valence-electron chi connectivity index (χ2n) is 3.96. The summed E-state index contributed by atoms with van der Waals surface area (Å²) in [5, 5.41) is 3.20. The third-order valence-corrected chi connectivity index (χ3v) is 2.78. The van der Waals surface area contributed by atoms with Crippen molar-refractivity contribution in [1.29, 1.82) is 0 Å². The fraction of sp³-hybridized carbons (Fsp3) is 1.00. The fourth-order valence-electron chi connectivity index (χ4n) is 0.796. The second kappa shape index (κ2) is 4.93. The second-order valence-corrected chi connectivity index (χ2v) is 5.82. The van der Waals surface area contributed by atoms with Crippen LogP contribution in [-0.2, 0) is 14.3 Å². The van der Waals surface area contributed by atoms with Crippen LogP contribution in [0.25, 0.3) is 0 Å². The molecule has 0 unspecified atom stereocenters. The van der Waals surface area contributed by atoms with E-state index in [1.54, 1.807) is 0 Å². The Morgan fingerprint density at radius 2 is 1.85 bits per heavy atom. The molecule has 0 saturated heterocycles. The van der Waals surface area contributed by atoms with Crippen molar-refractivity contribution in [2.45, 2.75) is 32.7 Å². The smallest absolute Gasteiger partial charge is 0.267 e. The zero-order valence-electron chi connectivity index (χ0n) is 8.75. The summed E-state index contributed by atoms with van der Waals surface area (Å²) in [7, 11) is -2.09. The molecule has 0 amide bonds. The predicted molar refractivity (Wildman–Crippen MR) is 53.2 cm³/mol. The maximum Gasteiger partial charge on any atom is 0.267 e. The first-order valence-corrected chi connectivity index (χ1v) is 5.88. The molecule has 4 nitrogen and oxygen atoms in total. The van der Waals surface area contributed by atoms with Crippen LogP contribution < -0.4 is 5.32 Å². The molecule has 80 valence electrons. The highest BCUT2D eigenvalue weighted by molar-refractivity contribution is 7.86. The fourth-order valence-corrected chi connectivity index (χ4v) is 1.46. The monoisotopic (exact) mass is 209 g/mol. The Labute approximate surface area is 80.8 Å². The van der Waals surface area contributed by atoms with Crippen LogP contribution in [0, 0.1) is 0 Å². The summed E-state index contributed by atoms with van der Waals surface area (Å²) in [6.07, 6.45) is 0.577. The van der Waals surface area contributed by atoms with E-state index < -0.39 is 10.1 Å². The number of hydrogen-bond acceptors (Lipinski definition) is 4. The molecule has 0 fully saturated rings. The van der Waals surface area contributed by atoms with E-state index in [0.717, 1.165) is 0 Å². The molecule has 0 rings (SSSR count). The van der Waals surface area contributed by atoms with Gasteiger partial charge >= 0.3 is 0 Å². The van der Waals surface area contributed by atoms with Crippen molar-refractivity contribution >= 4 is 10.1 Å². The number of rotatable bonds is 5. The Bertz CT molecular complexity index is 228. The van der Waals surface area contributed by atoms with Gasteiger partial charge in [-0.05, 0) is 33.7 Å². The normalized spacial score (nSPS) is 13.2. The largest absolute Gasteiger partial charge is 0.312 e. The van der Waals surface area contributed by atoms with Gasteiger partial charge in [0.05, 0.1) is 12.9 Å². The minimum absolute atomic E-state index is 0.0385. The molecule has 0 saturated carbocycles. The van der Waals surface area contributed by atoms with Gasteiger partial charge in [0.15, 0.2) is 0 Å². The zero-order valence-corrected chi connectivity index (χ0v) is 9.57. The minimum Gasteiger partial charge on any atom is -0.312 e. The van der Waals surface area contributed by atoms with E-state index >= 15 is 0 Å². The van der Waals surface area contributed by atoms with Gasteiger partial charge in [0.25, 0.3) is 10.1 Å². The Morgan fingerprint density at radius 1 is 1.31 bits per heavy atom. The van der Waals surface area contributed by atoms with Crippen LogP contribution in [0.1, 0.15) is 27.2 Å². The van der Waals surface area contributed by atoms with Crippen LogP contribution in [0.4, 0.5) is 0 Å². The topological polar surface area (TPSA) is 55.4 Å². The van der Waals surface area contributed by atoms with Gasteiger partial charge in [-0.25, -0.2) is 0 Å². The molecule has 0 spiro atoms. The van der Waals surface area contributed by atoms with Gasteiger partial charge in [0.2, 0.25) is 0 Å². The third-order valence-electron chi connectivity index (χ3n) is 1.48. The maximum absolute atomic E-state index is 10.9. The van der Waals surface area contributed by atoms with E-state index in [1.807, 2.05) is 20.8 Å². The van der Waals surface area contributed by atoms with Crippen molar-refractivity contribution in [3.63, 3.8) is 0 Å². The summed E-state index contributed by atoms with van der Waals surface area (Å²) >= 11 is 0. The SMILES string of the molecule is COS(=O)(=O)CCCNC(C)(C)C. The summed E-state index contributed by atoms with van der Waals surface area (Å²) in [6, 6.07) is 0. The summed E-state index contributed by atoms with van der Waals surface area (Å²) in [6.45, 7) is 6.81. The summed E-state index contributed by atoms with van der Waals surface area (Å²) in [5.41, 5.74) is 0.0385. The molecule has 0 atom stereocenters. The van der Waals surface area contributed by atoms with Gasteiger partial charge in [-0.1, -0.05) is 0 Å². The van der Waals surface area contributed by atoms with Crippen LogP contribution in [-0.4, -0.2) is 33.4 Å². The highest BCUT2D eigenvalue weighted by Gasteiger charge is 2.10. The quantitative estimate of drug-likeness (QED) is 0.536.